The van der Waals surface area contributed by atoms with Crippen molar-refractivity contribution in [2.24, 2.45) is 0 Å². The molecule has 0 radical (unpaired) electrons. The maximum atomic E-state index is 2.55. The molecule has 0 aliphatic rings. The Morgan fingerprint density at radius 1 is 0.750 bits per heavy atom. The Morgan fingerprint density at radius 3 is 2.00 bits per heavy atom. The lowest BCUT2D eigenvalue weighted by molar-refractivity contribution is 0.571. The Hall–Kier alpha value is -0.720. The Labute approximate surface area is 126 Å². The SMILES string of the molecule is CCCCCc1ccn(CCCCC)c1CCCCC. The molecule has 1 heterocycles. The second-order valence-corrected chi connectivity index (χ2v) is 6.10. The van der Waals surface area contributed by atoms with E-state index in [-0.39, 0.29) is 0 Å². The van der Waals surface area contributed by atoms with Gasteiger partial charge in [0.05, 0.1) is 0 Å². The van der Waals surface area contributed by atoms with E-state index in [9.17, 15) is 0 Å². The lowest BCUT2D eigenvalue weighted by Gasteiger charge is -2.12. The van der Waals surface area contributed by atoms with Crippen LogP contribution >= 0.6 is 0 Å². The molecule has 1 aromatic rings. The molecule has 0 bridgehead atoms. The van der Waals surface area contributed by atoms with Crippen molar-refractivity contribution in [2.45, 2.75) is 97.9 Å². The van der Waals surface area contributed by atoms with Crippen molar-refractivity contribution in [3.63, 3.8) is 0 Å². The van der Waals surface area contributed by atoms with Gasteiger partial charge in [0.2, 0.25) is 0 Å². The van der Waals surface area contributed by atoms with Gasteiger partial charge in [-0.05, 0) is 43.7 Å². The molecule has 0 fully saturated rings. The minimum absolute atomic E-state index is 1.23. The number of rotatable bonds is 12. The normalized spacial score (nSPS) is 11.2. The first-order chi connectivity index (χ1) is 9.83. The summed E-state index contributed by atoms with van der Waals surface area (Å²) < 4.78 is 2.55. The van der Waals surface area contributed by atoms with E-state index in [1.807, 2.05) is 0 Å². The van der Waals surface area contributed by atoms with Crippen LogP contribution in [0.15, 0.2) is 12.3 Å². The van der Waals surface area contributed by atoms with Gasteiger partial charge in [0.1, 0.15) is 0 Å². The van der Waals surface area contributed by atoms with Crippen LogP contribution in [0, 0.1) is 0 Å². The maximum Gasteiger partial charge on any atom is 0.0222 e. The summed E-state index contributed by atoms with van der Waals surface area (Å²) in [5.41, 5.74) is 3.27. The highest BCUT2D eigenvalue weighted by Crippen LogP contribution is 2.19. The smallest absolute Gasteiger partial charge is 0.0222 e. The minimum Gasteiger partial charge on any atom is -0.351 e. The van der Waals surface area contributed by atoms with E-state index < -0.39 is 0 Å². The fraction of sp³-hybridized carbons (Fsp3) is 0.789. The van der Waals surface area contributed by atoms with Crippen molar-refractivity contribution in [2.75, 3.05) is 0 Å². The Bertz CT molecular complexity index is 310. The number of hydrogen-bond donors (Lipinski definition) is 0. The zero-order valence-electron chi connectivity index (χ0n) is 14.1. The molecule has 1 rings (SSSR count). The number of aromatic nitrogens is 1. The van der Waals surface area contributed by atoms with E-state index in [0.29, 0.717) is 0 Å². The topological polar surface area (TPSA) is 4.93 Å². The molecule has 0 atom stereocenters. The van der Waals surface area contributed by atoms with Crippen LogP contribution in [0.1, 0.15) is 89.8 Å². The van der Waals surface area contributed by atoms with Gasteiger partial charge >= 0.3 is 0 Å². The van der Waals surface area contributed by atoms with Gasteiger partial charge in [-0.2, -0.15) is 0 Å². The summed E-state index contributed by atoms with van der Waals surface area (Å²) in [5.74, 6) is 0. The van der Waals surface area contributed by atoms with Crippen LogP contribution in [0.3, 0.4) is 0 Å². The molecule has 1 aromatic heterocycles. The molecule has 0 aromatic carbocycles. The van der Waals surface area contributed by atoms with Crippen LogP contribution in [0.5, 0.6) is 0 Å². The van der Waals surface area contributed by atoms with E-state index in [1.54, 1.807) is 11.3 Å². The van der Waals surface area contributed by atoms with Gasteiger partial charge in [-0.1, -0.05) is 59.3 Å². The van der Waals surface area contributed by atoms with Crippen LogP contribution < -0.4 is 0 Å². The number of hydrogen-bond acceptors (Lipinski definition) is 0. The zero-order valence-corrected chi connectivity index (χ0v) is 14.1. The van der Waals surface area contributed by atoms with Crippen molar-refractivity contribution in [3.8, 4) is 0 Å². The quantitative estimate of drug-likeness (QED) is 0.404. The van der Waals surface area contributed by atoms with E-state index >= 15 is 0 Å². The summed E-state index contributed by atoms with van der Waals surface area (Å²) >= 11 is 0. The first-order valence-corrected chi connectivity index (χ1v) is 9.00. The average molecular weight is 277 g/mol. The molecule has 1 heteroatoms. The van der Waals surface area contributed by atoms with E-state index in [1.165, 1.54) is 77.2 Å². The van der Waals surface area contributed by atoms with Crippen LogP contribution in [-0.2, 0) is 19.4 Å². The second-order valence-electron chi connectivity index (χ2n) is 6.10. The zero-order chi connectivity index (χ0) is 14.6. The number of unbranched alkanes of at least 4 members (excludes halogenated alkanes) is 6. The van der Waals surface area contributed by atoms with Crippen LogP contribution in [0.4, 0.5) is 0 Å². The summed E-state index contributed by atoms with van der Waals surface area (Å²) in [6, 6.07) is 2.39. The van der Waals surface area contributed by atoms with Gasteiger partial charge in [-0.25, -0.2) is 0 Å². The van der Waals surface area contributed by atoms with Crippen LogP contribution in [0.25, 0.3) is 0 Å². The fourth-order valence-electron chi connectivity index (χ4n) is 2.93. The van der Waals surface area contributed by atoms with Gasteiger partial charge in [0, 0.05) is 18.4 Å². The number of aryl methyl sites for hydroxylation is 2. The fourth-order valence-corrected chi connectivity index (χ4v) is 2.93. The molecule has 0 amide bonds. The molecular weight excluding hydrogens is 242 g/mol. The van der Waals surface area contributed by atoms with Crippen molar-refractivity contribution in [3.05, 3.63) is 23.5 Å². The average Bonchev–Trinajstić information content (AvgIpc) is 2.83. The molecule has 0 unspecified atom stereocenters. The van der Waals surface area contributed by atoms with Crippen molar-refractivity contribution in [1.82, 2.24) is 4.57 Å². The minimum atomic E-state index is 1.23. The van der Waals surface area contributed by atoms with E-state index in [2.05, 4.69) is 37.6 Å². The summed E-state index contributed by atoms with van der Waals surface area (Å²) in [6.07, 6.45) is 17.0. The highest BCUT2D eigenvalue weighted by atomic mass is 15.0. The van der Waals surface area contributed by atoms with Gasteiger partial charge in [0.15, 0.2) is 0 Å². The second kappa shape index (κ2) is 11.0. The molecule has 0 aliphatic heterocycles. The van der Waals surface area contributed by atoms with Crippen LogP contribution in [-0.4, -0.2) is 4.57 Å². The molecule has 0 N–H and O–H groups in total. The standard InChI is InChI=1S/C19H35N/c1-4-7-10-13-18-15-17-20(16-12-9-6-3)19(18)14-11-8-5-2/h15,17H,4-14,16H2,1-3H3. The van der Waals surface area contributed by atoms with Crippen molar-refractivity contribution >= 4 is 0 Å². The Morgan fingerprint density at radius 2 is 1.35 bits per heavy atom. The molecule has 20 heavy (non-hydrogen) atoms. The summed E-state index contributed by atoms with van der Waals surface area (Å²) in [5, 5.41) is 0. The summed E-state index contributed by atoms with van der Waals surface area (Å²) in [6.45, 7) is 8.09. The lowest BCUT2D eigenvalue weighted by Crippen LogP contribution is -2.04. The third-order valence-electron chi connectivity index (χ3n) is 4.24. The third kappa shape index (κ3) is 6.15. The molecule has 116 valence electrons. The Kier molecular flexibility index (Phi) is 9.53. The van der Waals surface area contributed by atoms with Gasteiger partial charge in [-0.3, -0.25) is 0 Å². The van der Waals surface area contributed by atoms with Crippen molar-refractivity contribution in [1.29, 1.82) is 0 Å². The van der Waals surface area contributed by atoms with Crippen LogP contribution in [0.2, 0.25) is 0 Å². The molecule has 0 spiro atoms. The molecule has 0 saturated carbocycles. The van der Waals surface area contributed by atoms with Gasteiger partial charge < -0.3 is 4.57 Å². The highest BCUT2D eigenvalue weighted by molar-refractivity contribution is 5.23. The maximum absolute atomic E-state index is 2.55. The largest absolute Gasteiger partial charge is 0.351 e. The lowest BCUT2D eigenvalue weighted by atomic mass is 10.0. The molecular formula is C19H35N. The summed E-state index contributed by atoms with van der Waals surface area (Å²) in [7, 11) is 0. The predicted molar refractivity (Wildman–Crippen MR) is 90.4 cm³/mol. The third-order valence-corrected chi connectivity index (χ3v) is 4.24. The van der Waals surface area contributed by atoms with Crippen molar-refractivity contribution < 1.29 is 0 Å². The first-order valence-electron chi connectivity index (χ1n) is 9.00. The monoisotopic (exact) mass is 277 g/mol. The predicted octanol–water partition coefficient (Wildman–Crippen LogP) is 6.14. The van der Waals surface area contributed by atoms with Gasteiger partial charge in [0.25, 0.3) is 0 Å². The van der Waals surface area contributed by atoms with E-state index in [4.69, 9.17) is 0 Å². The summed E-state index contributed by atoms with van der Waals surface area (Å²) in [4.78, 5) is 0. The molecule has 1 nitrogen and oxygen atoms in total. The number of nitrogens with zero attached hydrogens (tertiary/aromatic N) is 1. The first kappa shape index (κ1) is 17.3. The molecule has 0 aliphatic carbocycles. The highest BCUT2D eigenvalue weighted by Gasteiger charge is 2.08. The Balaban J connectivity index is 2.60. The molecule has 0 saturated heterocycles. The van der Waals surface area contributed by atoms with Gasteiger partial charge in [-0.15, -0.1) is 0 Å². The van der Waals surface area contributed by atoms with E-state index in [0.717, 1.165) is 0 Å².